The summed E-state index contributed by atoms with van der Waals surface area (Å²) in [4.78, 5) is 25.8. The number of H-pyrrole nitrogens is 1. The van der Waals surface area contributed by atoms with Crippen molar-refractivity contribution < 1.29 is 14.7 Å². The van der Waals surface area contributed by atoms with Gasteiger partial charge in [0, 0.05) is 25.5 Å². The molecule has 0 saturated carbocycles. The van der Waals surface area contributed by atoms with Gasteiger partial charge in [0.05, 0.1) is 30.2 Å². The highest BCUT2D eigenvalue weighted by molar-refractivity contribution is 5.83. The van der Waals surface area contributed by atoms with Crippen molar-refractivity contribution in [2.75, 3.05) is 20.1 Å². The maximum Gasteiger partial charge on any atom is 0.227 e. The van der Waals surface area contributed by atoms with Crippen LogP contribution >= 0.6 is 0 Å². The molecule has 0 aliphatic carbocycles. The second-order valence-corrected chi connectivity index (χ2v) is 6.46. The summed E-state index contributed by atoms with van der Waals surface area (Å²) in [6.07, 6.45) is 3.26. The number of likely N-dealkylation sites (tertiary alicyclic amines) is 1. The van der Waals surface area contributed by atoms with Crippen molar-refractivity contribution in [3.05, 3.63) is 30.0 Å². The van der Waals surface area contributed by atoms with Gasteiger partial charge in [-0.2, -0.15) is 5.10 Å². The number of hydrogen-bond donors (Lipinski definition) is 3. The zero-order valence-corrected chi connectivity index (χ0v) is 13.7. The Morgan fingerprint density at radius 3 is 3.08 bits per heavy atom. The summed E-state index contributed by atoms with van der Waals surface area (Å²) in [5, 5.41) is 21.0. The largest absolute Gasteiger partial charge is 0.388 e. The van der Waals surface area contributed by atoms with Crippen molar-refractivity contribution in [3.63, 3.8) is 0 Å². The number of nitrogens with zero attached hydrogens (tertiary/aromatic N) is 2. The van der Waals surface area contributed by atoms with Gasteiger partial charge in [0.15, 0.2) is 0 Å². The summed E-state index contributed by atoms with van der Waals surface area (Å²) >= 11 is 0. The van der Waals surface area contributed by atoms with Crippen LogP contribution in [0.3, 0.4) is 0 Å². The number of aromatic nitrogens is 2. The van der Waals surface area contributed by atoms with Gasteiger partial charge in [-0.05, 0) is 24.5 Å². The number of fused-ring (bicyclic) bond motifs is 1. The molecule has 1 saturated heterocycles. The number of carbonyl (C=O) groups excluding carboxylic acids is 2. The average molecular weight is 330 g/mol. The molecular weight excluding hydrogens is 308 g/mol. The zero-order chi connectivity index (χ0) is 17.2. The Balaban J connectivity index is 1.66. The van der Waals surface area contributed by atoms with Gasteiger partial charge in [-0.1, -0.05) is 12.1 Å². The van der Waals surface area contributed by atoms with Gasteiger partial charge in [0.1, 0.15) is 0 Å². The molecule has 7 nitrogen and oxygen atoms in total. The Hall–Kier alpha value is -2.41. The molecule has 2 aromatic rings. The molecule has 3 N–H and O–H groups in total. The fourth-order valence-electron chi connectivity index (χ4n) is 3.24. The van der Waals surface area contributed by atoms with Gasteiger partial charge in [-0.15, -0.1) is 0 Å². The highest BCUT2D eigenvalue weighted by Gasteiger charge is 2.36. The van der Waals surface area contributed by atoms with Crippen molar-refractivity contribution in [2.45, 2.75) is 31.3 Å². The molecule has 1 aliphatic rings. The van der Waals surface area contributed by atoms with E-state index in [1.807, 2.05) is 18.2 Å². The lowest BCUT2D eigenvalue weighted by Gasteiger charge is -2.39. The third kappa shape index (κ3) is 3.56. The molecule has 1 aliphatic heterocycles. The van der Waals surface area contributed by atoms with E-state index in [1.54, 1.807) is 18.1 Å². The number of aromatic amines is 1. The third-order valence-electron chi connectivity index (χ3n) is 4.54. The second kappa shape index (κ2) is 6.60. The van der Waals surface area contributed by atoms with Crippen molar-refractivity contribution in [1.29, 1.82) is 0 Å². The van der Waals surface area contributed by atoms with Crippen LogP contribution in [-0.2, 0) is 16.0 Å². The average Bonchev–Trinajstić information content (AvgIpc) is 3.02. The summed E-state index contributed by atoms with van der Waals surface area (Å²) in [5.74, 6) is -0.250. The fraction of sp³-hybridized carbons (Fsp3) is 0.471. The molecule has 7 heteroatoms. The molecule has 0 bridgehead atoms. The minimum atomic E-state index is -1.14. The van der Waals surface area contributed by atoms with Crippen LogP contribution in [0.2, 0.25) is 0 Å². The van der Waals surface area contributed by atoms with Crippen molar-refractivity contribution in [3.8, 4) is 0 Å². The van der Waals surface area contributed by atoms with Gasteiger partial charge in [0.2, 0.25) is 11.8 Å². The molecule has 3 rings (SSSR count). The Kier molecular flexibility index (Phi) is 4.53. The second-order valence-electron chi connectivity index (χ2n) is 6.46. The van der Waals surface area contributed by atoms with Crippen LogP contribution in [0.25, 0.3) is 10.9 Å². The SMILES string of the molecule is CNC(=O)CC1(O)CCCN(C(=O)Cc2ccc3cn[nH]c3c2)C1. The third-order valence-corrected chi connectivity index (χ3v) is 4.54. The number of amides is 2. The maximum absolute atomic E-state index is 12.6. The molecule has 2 amide bonds. The van der Waals surface area contributed by atoms with Gasteiger partial charge in [0.25, 0.3) is 0 Å². The number of benzene rings is 1. The summed E-state index contributed by atoms with van der Waals surface area (Å²) < 4.78 is 0. The monoisotopic (exact) mass is 330 g/mol. The molecule has 0 radical (unpaired) electrons. The van der Waals surface area contributed by atoms with Crippen molar-refractivity contribution >= 4 is 22.7 Å². The molecule has 1 atom stereocenters. The van der Waals surface area contributed by atoms with Crippen LogP contribution in [-0.4, -0.2) is 57.8 Å². The van der Waals surface area contributed by atoms with E-state index in [2.05, 4.69) is 15.5 Å². The molecule has 1 unspecified atom stereocenters. The first kappa shape index (κ1) is 16.4. The normalized spacial score (nSPS) is 21.0. The minimum absolute atomic E-state index is 0.0212. The quantitative estimate of drug-likeness (QED) is 0.764. The first-order chi connectivity index (χ1) is 11.5. The Morgan fingerprint density at radius 1 is 1.46 bits per heavy atom. The van der Waals surface area contributed by atoms with Gasteiger partial charge in [-0.25, -0.2) is 0 Å². The van der Waals surface area contributed by atoms with E-state index in [9.17, 15) is 14.7 Å². The number of nitrogens with one attached hydrogen (secondary N) is 2. The molecule has 0 spiro atoms. The van der Waals surface area contributed by atoms with E-state index in [1.165, 1.54) is 0 Å². The Labute approximate surface area is 140 Å². The molecular formula is C17H22N4O3. The number of rotatable bonds is 4. The summed E-state index contributed by atoms with van der Waals surface area (Å²) in [6.45, 7) is 0.812. The Morgan fingerprint density at radius 2 is 2.29 bits per heavy atom. The summed E-state index contributed by atoms with van der Waals surface area (Å²) in [6, 6.07) is 5.76. The highest BCUT2D eigenvalue weighted by Crippen LogP contribution is 2.25. The van der Waals surface area contributed by atoms with Gasteiger partial charge < -0.3 is 15.3 Å². The van der Waals surface area contributed by atoms with E-state index in [0.717, 1.165) is 16.5 Å². The van der Waals surface area contributed by atoms with Crippen molar-refractivity contribution in [2.24, 2.45) is 0 Å². The van der Waals surface area contributed by atoms with Gasteiger partial charge >= 0.3 is 0 Å². The smallest absolute Gasteiger partial charge is 0.227 e. The number of carbonyl (C=O) groups is 2. The maximum atomic E-state index is 12.6. The van der Waals surface area contributed by atoms with Gasteiger partial charge in [-0.3, -0.25) is 14.7 Å². The minimum Gasteiger partial charge on any atom is -0.388 e. The predicted molar refractivity (Wildman–Crippen MR) is 89.2 cm³/mol. The van der Waals surface area contributed by atoms with E-state index in [-0.39, 0.29) is 31.2 Å². The van der Waals surface area contributed by atoms with E-state index in [4.69, 9.17) is 0 Å². The molecule has 24 heavy (non-hydrogen) atoms. The first-order valence-electron chi connectivity index (χ1n) is 8.12. The van der Waals surface area contributed by atoms with Crippen LogP contribution in [0.15, 0.2) is 24.4 Å². The number of piperidine rings is 1. The molecule has 128 valence electrons. The van der Waals surface area contributed by atoms with Crippen molar-refractivity contribution in [1.82, 2.24) is 20.4 Å². The number of β-amino-alcohol motifs (C(OH)–C–C–N with tert-alkyl or cyclic N) is 1. The van der Waals surface area contributed by atoms with E-state index in [0.29, 0.717) is 19.4 Å². The lowest BCUT2D eigenvalue weighted by atomic mass is 9.89. The lowest BCUT2D eigenvalue weighted by Crippen LogP contribution is -2.52. The lowest BCUT2D eigenvalue weighted by molar-refractivity contribution is -0.141. The first-order valence-corrected chi connectivity index (χ1v) is 8.12. The van der Waals surface area contributed by atoms with E-state index >= 15 is 0 Å². The zero-order valence-electron chi connectivity index (χ0n) is 13.7. The van der Waals surface area contributed by atoms with Crippen LogP contribution in [0, 0.1) is 0 Å². The standard InChI is InChI=1S/C17H22N4O3/c1-18-15(22)9-17(24)5-2-6-21(11-17)16(23)8-12-3-4-13-10-19-20-14(13)7-12/h3-4,7,10,24H,2,5-6,8-9,11H2,1H3,(H,18,22)(H,19,20). The fourth-order valence-corrected chi connectivity index (χ4v) is 3.24. The number of aliphatic hydroxyl groups is 1. The summed E-state index contributed by atoms with van der Waals surface area (Å²) in [5.41, 5.74) is 0.661. The summed E-state index contributed by atoms with van der Waals surface area (Å²) in [7, 11) is 1.54. The van der Waals surface area contributed by atoms with Crippen LogP contribution < -0.4 is 5.32 Å². The van der Waals surface area contributed by atoms with Crippen LogP contribution in [0.1, 0.15) is 24.8 Å². The predicted octanol–water partition coefficient (Wildman–Crippen LogP) is 0.595. The molecule has 1 aromatic heterocycles. The number of hydrogen-bond acceptors (Lipinski definition) is 4. The Bertz CT molecular complexity index is 757. The topological polar surface area (TPSA) is 98.3 Å². The molecule has 2 heterocycles. The molecule has 1 fully saturated rings. The highest BCUT2D eigenvalue weighted by atomic mass is 16.3. The van der Waals surface area contributed by atoms with Crippen LogP contribution in [0.4, 0.5) is 0 Å². The van der Waals surface area contributed by atoms with E-state index < -0.39 is 5.60 Å². The molecule has 1 aromatic carbocycles. The van der Waals surface area contributed by atoms with Crippen LogP contribution in [0.5, 0.6) is 0 Å².